The normalized spacial score (nSPS) is 18.1. The Morgan fingerprint density at radius 1 is 0.449 bits per heavy atom. The van der Waals surface area contributed by atoms with Gasteiger partial charge in [0.15, 0.2) is 35.0 Å². The molecule has 2 saturated carbocycles. The summed E-state index contributed by atoms with van der Waals surface area (Å²) in [4.78, 5) is 32.2. The second kappa shape index (κ2) is 39.6. The number of rotatable bonds is 24. The SMILES string of the molecule is C.C[n+]1cccc(CNc2cc(N3CCC[C@H]3CCO)nc3c(Br)cnn23)c1.Cn1ccc2cc(CNc3cc(C[C@H]4CCCC[C@H]4CO)nc4c(Br)cnn34)ccc21.Cn1ccc2cc(CNc3cc(N4CCCC[C@H]4CCO)nc4c(Br)cnn34)ccc21.Nc1ncc(CNc2cc(C[C@H]3CCCC[C@H]3CO)nc3c(Br)cnn23)cn1. The van der Waals surface area contributed by atoms with Crippen LogP contribution in [0.25, 0.3) is 44.4 Å². The van der Waals surface area contributed by atoms with Gasteiger partial charge in [-0.05, 0) is 235 Å². The molecule has 32 heteroatoms. The Balaban J connectivity index is 0.000000129. The third-order valence-electron chi connectivity index (χ3n) is 23.4. The maximum atomic E-state index is 9.81. The van der Waals surface area contributed by atoms with Crippen molar-refractivity contribution in [3.05, 3.63) is 198 Å². The van der Waals surface area contributed by atoms with E-state index in [1.54, 1.807) is 41.7 Å². The van der Waals surface area contributed by atoms with Crippen molar-refractivity contribution in [2.75, 3.05) is 76.3 Å². The Hall–Kier alpha value is -9.41. The number of nitrogens with one attached hydrogen (secondary N) is 4. The first kappa shape index (κ1) is 85.0. The van der Waals surface area contributed by atoms with Gasteiger partial charge < -0.3 is 66.4 Å². The molecule has 4 fully saturated rings. The Morgan fingerprint density at radius 2 is 0.847 bits per heavy atom. The number of piperidine rings is 1. The van der Waals surface area contributed by atoms with Gasteiger partial charge in [0.05, 0.1) is 42.7 Å². The summed E-state index contributed by atoms with van der Waals surface area (Å²) in [5.41, 5.74) is 17.9. The summed E-state index contributed by atoms with van der Waals surface area (Å²) >= 11 is 14.3. The van der Waals surface area contributed by atoms with E-state index in [0.717, 1.165) is 176 Å². The fourth-order valence-corrected chi connectivity index (χ4v) is 18.5. The van der Waals surface area contributed by atoms with Gasteiger partial charge in [0.2, 0.25) is 5.95 Å². The summed E-state index contributed by atoms with van der Waals surface area (Å²) in [6.45, 7) is 5.52. The molecule has 0 radical (unpaired) electrons. The Labute approximate surface area is 720 Å². The van der Waals surface area contributed by atoms with Crippen LogP contribution in [-0.4, -0.2) is 150 Å². The fourth-order valence-electron chi connectivity index (χ4n) is 17.2. The minimum Gasteiger partial charge on any atom is -0.396 e. The van der Waals surface area contributed by atoms with Gasteiger partial charge in [-0.3, -0.25) is 0 Å². The number of hydrogen-bond donors (Lipinski definition) is 9. The largest absolute Gasteiger partial charge is 0.396 e. The van der Waals surface area contributed by atoms with Crippen molar-refractivity contribution >= 4 is 149 Å². The first-order valence-electron chi connectivity index (χ1n) is 40.7. The number of nitrogens with zero attached hydrogens (tertiary/aromatic N) is 19. The number of fused-ring (bicyclic) bond motifs is 6. The van der Waals surface area contributed by atoms with E-state index in [1.807, 2.05) is 43.5 Å². The third kappa shape index (κ3) is 20.0. The molecule has 622 valence electrons. The van der Waals surface area contributed by atoms with Gasteiger partial charge in [-0.2, -0.15) is 38.5 Å². The van der Waals surface area contributed by atoms with Crippen LogP contribution in [0.3, 0.4) is 0 Å². The Morgan fingerprint density at radius 3 is 1.29 bits per heavy atom. The van der Waals surface area contributed by atoms with Crippen LogP contribution in [0.5, 0.6) is 0 Å². The molecule has 10 N–H and O–H groups in total. The highest BCUT2D eigenvalue weighted by atomic mass is 79.9. The molecule has 2 aliphatic carbocycles. The van der Waals surface area contributed by atoms with E-state index in [4.69, 9.17) is 25.7 Å². The summed E-state index contributed by atoms with van der Waals surface area (Å²) in [6.07, 6.45) is 37.2. The van der Waals surface area contributed by atoms with Crippen molar-refractivity contribution in [2.45, 2.75) is 155 Å². The Bertz CT molecular complexity index is 5690. The topological polar surface area (TPSA) is 322 Å². The number of nitrogens with two attached hydrogens (primary N) is 1. The zero-order chi connectivity index (χ0) is 81.1. The quantitative estimate of drug-likeness (QED) is 0.0254. The molecule has 18 rings (SSSR count). The number of pyridine rings is 1. The van der Waals surface area contributed by atoms with Crippen molar-refractivity contribution in [1.82, 2.24) is 77.5 Å². The van der Waals surface area contributed by atoms with Gasteiger partial charge in [0, 0.05) is 181 Å². The van der Waals surface area contributed by atoms with Crippen molar-refractivity contribution in [3.8, 4) is 0 Å². The number of nitrogen functional groups attached to an aromatic ring is 1. The van der Waals surface area contributed by atoms with Gasteiger partial charge in [-0.25, -0.2) is 34.5 Å². The second-order valence-electron chi connectivity index (χ2n) is 31.3. The molecule has 0 amide bonds. The van der Waals surface area contributed by atoms with E-state index < -0.39 is 0 Å². The highest BCUT2D eigenvalue weighted by Crippen LogP contribution is 2.38. The lowest BCUT2D eigenvalue weighted by Crippen LogP contribution is -2.40. The van der Waals surface area contributed by atoms with Crippen molar-refractivity contribution in [2.24, 2.45) is 44.8 Å². The molecule has 6 atom stereocenters. The van der Waals surface area contributed by atoms with Crippen molar-refractivity contribution < 1.29 is 25.0 Å². The molecule has 2 saturated heterocycles. The molecule has 14 heterocycles. The maximum Gasteiger partial charge on any atom is 0.219 e. The van der Waals surface area contributed by atoms with Gasteiger partial charge >= 0.3 is 0 Å². The number of aryl methyl sites for hydroxylation is 3. The minimum absolute atomic E-state index is 0. The van der Waals surface area contributed by atoms with Gasteiger partial charge in [-0.15, -0.1) is 0 Å². The first-order chi connectivity index (χ1) is 57.0. The molecule has 0 spiro atoms. The summed E-state index contributed by atoms with van der Waals surface area (Å²) in [5.74, 6) is 7.45. The molecule has 2 aliphatic heterocycles. The zero-order valence-corrected chi connectivity index (χ0v) is 72.6. The number of aliphatic hydroxyl groups excluding tert-OH is 4. The summed E-state index contributed by atoms with van der Waals surface area (Å²) in [6, 6.07) is 30.5. The maximum absolute atomic E-state index is 9.81. The number of hydrogen-bond acceptors (Lipinski definition) is 21. The fraction of sp³-hybridized carbons (Fsp3) is 0.430. The number of anilines is 7. The van der Waals surface area contributed by atoms with E-state index in [1.165, 1.54) is 77.0 Å². The molecular formula is C86H107Br4N24O4+. The molecule has 0 unspecified atom stereocenters. The van der Waals surface area contributed by atoms with E-state index in [0.29, 0.717) is 61.9 Å². The van der Waals surface area contributed by atoms with E-state index in [9.17, 15) is 20.4 Å². The average Bonchev–Trinajstić information content (AvgIpc) is 1.69. The minimum atomic E-state index is 0. The number of aliphatic hydroxyl groups is 4. The first-order valence-corrected chi connectivity index (χ1v) is 43.9. The number of halogens is 4. The highest BCUT2D eigenvalue weighted by molar-refractivity contribution is 9.11. The smallest absolute Gasteiger partial charge is 0.219 e. The molecule has 0 bridgehead atoms. The van der Waals surface area contributed by atoms with Crippen LogP contribution in [-0.2, 0) is 60.2 Å². The molecule has 28 nitrogen and oxygen atoms in total. The van der Waals surface area contributed by atoms with E-state index in [2.05, 4.69) is 240 Å². The van der Waals surface area contributed by atoms with Crippen molar-refractivity contribution in [1.29, 1.82) is 0 Å². The lowest BCUT2D eigenvalue weighted by atomic mass is 9.77. The van der Waals surface area contributed by atoms with Gasteiger partial charge in [0.25, 0.3) is 0 Å². The molecule has 4 aliphatic rings. The van der Waals surface area contributed by atoms with Gasteiger partial charge in [0.1, 0.15) is 42.0 Å². The van der Waals surface area contributed by atoms with Crippen LogP contribution in [0.4, 0.5) is 40.9 Å². The lowest BCUT2D eigenvalue weighted by molar-refractivity contribution is -0.671. The average molecular weight is 1860 g/mol. The summed E-state index contributed by atoms with van der Waals surface area (Å²) in [7, 11) is 6.15. The van der Waals surface area contributed by atoms with E-state index >= 15 is 0 Å². The van der Waals surface area contributed by atoms with Crippen LogP contribution >= 0.6 is 63.7 Å². The van der Waals surface area contributed by atoms with Crippen LogP contribution in [0.15, 0.2) is 165 Å². The molecule has 14 aromatic rings. The van der Waals surface area contributed by atoms with Crippen molar-refractivity contribution in [3.63, 3.8) is 0 Å². The molecular weight excluding hydrogens is 1750 g/mol. The number of aromatic nitrogens is 17. The molecule has 12 aromatic heterocycles. The summed E-state index contributed by atoms with van der Waals surface area (Å²) in [5, 5.41) is 72.9. The van der Waals surface area contributed by atoms with Gasteiger partial charge in [-0.1, -0.05) is 45.2 Å². The van der Waals surface area contributed by atoms with E-state index in [-0.39, 0.29) is 39.8 Å². The zero-order valence-electron chi connectivity index (χ0n) is 66.3. The molecule has 2 aromatic carbocycles. The number of benzene rings is 2. The van der Waals surface area contributed by atoms with Crippen LogP contribution in [0, 0.1) is 23.7 Å². The predicted octanol–water partition coefficient (Wildman–Crippen LogP) is 15.0. The Kier molecular flexibility index (Phi) is 28.6. The monoisotopic (exact) mass is 1860 g/mol. The third-order valence-corrected chi connectivity index (χ3v) is 25.6. The summed E-state index contributed by atoms with van der Waals surface area (Å²) < 4.78 is 17.1. The lowest BCUT2D eigenvalue weighted by Gasteiger charge is -2.36. The second-order valence-corrected chi connectivity index (χ2v) is 34.7. The van der Waals surface area contributed by atoms with Crippen LogP contribution < -0.4 is 41.4 Å². The predicted molar refractivity (Wildman–Crippen MR) is 480 cm³/mol. The van der Waals surface area contributed by atoms with Crippen LogP contribution in [0.2, 0.25) is 0 Å². The standard InChI is InChI=1S/C24H28BrN5O.C23H27BrN6O.C19H24BrN7O.C19H24BrN6O.CH4/c1-29-9-8-18-10-16(6-7-22(18)29)13-26-23-12-20(28-24-21(25)14-27-30(23)24)11-17-4-2-3-5-19(17)15-31;1-28-10-7-17-12-16(5-6-20(17)28)14-25-21-13-22(27-23-19(24)15-26-30(21)23)29-9-3-2-4-18(29)8-11-31;20-16-10-25-27-17(22-7-12-8-23-19(21)24-9-12)6-15(26-18(16)27)5-13-3-1-2-4-14(13)11-28;1-24-7-2-4-14(13-24)11-21-17-10-18(23-19-16(20)12-22-26(17)19)25-8-3-5-15(25)6-9-27;/h6-10,12,14,17,19,26,31H,2-5,11,13,15H2,1H3;5-7,10,12-13,15,18,25,31H,2-4,8-9,11,14H2,1H3;6,8-10,13-14,22,28H,1-5,7,11H2,(H2,21,23,24);2,4,7,10,12-13,15,21,27H,3,5-6,8-9,11H2,1H3;1H4/q;;;+1;/t17-,19+;18-;13-,14+;15-;/m1010./s1. The highest BCUT2D eigenvalue weighted by Gasteiger charge is 2.31. The molecule has 118 heavy (non-hydrogen) atoms. The van der Waals surface area contributed by atoms with Crippen LogP contribution in [0.1, 0.15) is 137 Å².